The number of rotatable bonds is 6. The summed E-state index contributed by atoms with van der Waals surface area (Å²) in [7, 11) is 0. The molecule has 1 aromatic carbocycles. The average molecular weight is 410 g/mol. The first-order valence-corrected chi connectivity index (χ1v) is 10.1. The van der Waals surface area contributed by atoms with Crippen LogP contribution in [0.4, 0.5) is 18.7 Å². The third-order valence-corrected chi connectivity index (χ3v) is 5.40. The lowest BCUT2D eigenvalue weighted by atomic mass is 10.2. The molecule has 0 spiro atoms. The second-order valence-corrected chi connectivity index (χ2v) is 7.44. The number of anilines is 1. The van der Waals surface area contributed by atoms with E-state index in [1.54, 1.807) is 34.4 Å². The molecule has 9 heteroatoms. The fourth-order valence-corrected chi connectivity index (χ4v) is 3.85. The molecule has 28 heavy (non-hydrogen) atoms. The van der Waals surface area contributed by atoms with Crippen molar-refractivity contribution in [2.75, 3.05) is 37.7 Å². The topological polar surface area (TPSA) is 57.7 Å². The maximum Gasteiger partial charge on any atom is 0.317 e. The number of ether oxygens (including phenoxy) is 1. The first-order chi connectivity index (χ1) is 13.5. The Kier molecular flexibility index (Phi) is 7.02. The Morgan fingerprint density at radius 1 is 1.32 bits per heavy atom. The highest BCUT2D eigenvalue weighted by Crippen LogP contribution is 2.21. The molecule has 1 aromatic heterocycles. The molecule has 0 atom stereocenters. The molecule has 1 aliphatic heterocycles. The lowest BCUT2D eigenvalue weighted by Crippen LogP contribution is -2.41. The molecule has 3 rings (SSSR count). The normalized spacial score (nSPS) is 14.9. The molecule has 0 unspecified atom stereocenters. The molecule has 2 aromatic rings. The molecule has 152 valence electrons. The predicted octanol–water partition coefficient (Wildman–Crippen LogP) is 3.52. The van der Waals surface area contributed by atoms with E-state index in [0.717, 1.165) is 35.9 Å². The molecule has 2 amide bonds. The fraction of sp³-hybridized carbons (Fsp3) is 0.474. The zero-order chi connectivity index (χ0) is 19.9. The maximum absolute atomic E-state index is 12.5. The van der Waals surface area contributed by atoms with Gasteiger partial charge in [-0.3, -0.25) is 0 Å². The Bertz CT molecular complexity index is 787. The quantitative estimate of drug-likeness (QED) is 0.792. The van der Waals surface area contributed by atoms with Crippen molar-refractivity contribution in [1.29, 1.82) is 0 Å². The van der Waals surface area contributed by atoms with E-state index in [1.165, 1.54) is 0 Å². The Balaban J connectivity index is 1.49. The molecular formula is C19H24F2N4O2S. The van der Waals surface area contributed by atoms with Gasteiger partial charge >= 0.3 is 6.03 Å². The van der Waals surface area contributed by atoms with E-state index in [2.05, 4.69) is 15.2 Å². The highest BCUT2D eigenvalue weighted by molar-refractivity contribution is 7.13. The number of urea groups is 1. The van der Waals surface area contributed by atoms with E-state index in [9.17, 15) is 13.6 Å². The second kappa shape index (κ2) is 9.68. The number of amides is 2. The SMILES string of the molecule is Cc1csc(N2CCCN(C(=O)NCc3cccc(OCC(F)F)c3)CC2)n1. The second-order valence-electron chi connectivity index (χ2n) is 6.61. The van der Waals surface area contributed by atoms with Crippen molar-refractivity contribution >= 4 is 22.5 Å². The standard InChI is InChI=1S/C19H24F2N4O2S/c1-14-13-28-19(23-14)25-7-3-6-24(8-9-25)18(26)22-11-15-4-2-5-16(10-15)27-12-17(20)21/h2,4-5,10,13,17H,3,6-9,11-12H2,1H3,(H,22,26). The minimum atomic E-state index is -2.51. The number of benzene rings is 1. The monoisotopic (exact) mass is 410 g/mol. The van der Waals surface area contributed by atoms with Crippen molar-refractivity contribution in [3.8, 4) is 5.75 Å². The summed E-state index contributed by atoms with van der Waals surface area (Å²) in [5.74, 6) is 0.371. The third-order valence-electron chi connectivity index (χ3n) is 4.38. The number of aromatic nitrogens is 1. The van der Waals surface area contributed by atoms with Crippen LogP contribution in [-0.4, -0.2) is 55.1 Å². The number of aryl methyl sites for hydroxylation is 1. The van der Waals surface area contributed by atoms with Crippen LogP contribution in [0.5, 0.6) is 5.75 Å². The van der Waals surface area contributed by atoms with Gasteiger partial charge in [0.2, 0.25) is 0 Å². The summed E-state index contributed by atoms with van der Waals surface area (Å²) in [6, 6.07) is 6.71. The molecule has 0 saturated carbocycles. The summed E-state index contributed by atoms with van der Waals surface area (Å²) in [5.41, 5.74) is 1.81. The number of halogens is 2. The van der Waals surface area contributed by atoms with Crippen LogP contribution in [0.25, 0.3) is 0 Å². The fourth-order valence-electron chi connectivity index (χ4n) is 2.99. The van der Waals surface area contributed by atoms with Gasteiger partial charge in [0, 0.05) is 38.1 Å². The highest BCUT2D eigenvalue weighted by Gasteiger charge is 2.20. The van der Waals surface area contributed by atoms with Gasteiger partial charge in [0.25, 0.3) is 6.43 Å². The predicted molar refractivity (Wildman–Crippen MR) is 105 cm³/mol. The molecular weight excluding hydrogens is 386 g/mol. The van der Waals surface area contributed by atoms with E-state index in [-0.39, 0.29) is 6.03 Å². The van der Waals surface area contributed by atoms with Crippen LogP contribution in [0.3, 0.4) is 0 Å². The number of carbonyl (C=O) groups is 1. The van der Waals surface area contributed by atoms with E-state index < -0.39 is 13.0 Å². The summed E-state index contributed by atoms with van der Waals surface area (Å²) in [6.45, 7) is 4.59. The third kappa shape index (κ3) is 5.79. The minimum Gasteiger partial charge on any atom is -0.488 e. The van der Waals surface area contributed by atoms with Crippen LogP contribution in [0.15, 0.2) is 29.6 Å². The van der Waals surface area contributed by atoms with E-state index in [4.69, 9.17) is 4.74 Å². The molecule has 1 N–H and O–H groups in total. The summed E-state index contributed by atoms with van der Waals surface area (Å²) >= 11 is 1.63. The summed E-state index contributed by atoms with van der Waals surface area (Å²) < 4.78 is 29.5. The summed E-state index contributed by atoms with van der Waals surface area (Å²) in [4.78, 5) is 21.1. The number of thiazole rings is 1. The Hall–Kier alpha value is -2.42. The van der Waals surface area contributed by atoms with Gasteiger partial charge in [-0.25, -0.2) is 18.6 Å². The average Bonchev–Trinajstić information content (AvgIpc) is 2.97. The number of hydrogen-bond acceptors (Lipinski definition) is 5. The van der Waals surface area contributed by atoms with Crippen molar-refractivity contribution in [1.82, 2.24) is 15.2 Å². The molecule has 2 heterocycles. The first-order valence-electron chi connectivity index (χ1n) is 9.21. The summed E-state index contributed by atoms with van der Waals surface area (Å²) in [6.07, 6.45) is -1.64. The lowest BCUT2D eigenvalue weighted by Gasteiger charge is -2.22. The van der Waals surface area contributed by atoms with Crippen molar-refractivity contribution in [3.63, 3.8) is 0 Å². The number of nitrogens with one attached hydrogen (secondary N) is 1. The van der Waals surface area contributed by atoms with Gasteiger partial charge in [0.1, 0.15) is 12.4 Å². The lowest BCUT2D eigenvalue weighted by molar-refractivity contribution is 0.0818. The minimum absolute atomic E-state index is 0.129. The molecule has 1 fully saturated rings. The molecule has 6 nitrogen and oxygen atoms in total. The molecule has 0 radical (unpaired) electrons. The van der Waals surface area contributed by atoms with Crippen LogP contribution >= 0.6 is 11.3 Å². The van der Waals surface area contributed by atoms with Crippen LogP contribution in [0, 0.1) is 6.92 Å². The largest absolute Gasteiger partial charge is 0.488 e. The number of carbonyl (C=O) groups excluding carboxylic acids is 1. The zero-order valence-electron chi connectivity index (χ0n) is 15.7. The maximum atomic E-state index is 12.5. The van der Waals surface area contributed by atoms with Crippen molar-refractivity contribution in [2.45, 2.75) is 26.3 Å². The van der Waals surface area contributed by atoms with Gasteiger partial charge in [-0.05, 0) is 31.0 Å². The Morgan fingerprint density at radius 2 is 2.18 bits per heavy atom. The van der Waals surface area contributed by atoms with Crippen LogP contribution < -0.4 is 15.0 Å². The smallest absolute Gasteiger partial charge is 0.317 e. The van der Waals surface area contributed by atoms with E-state index in [1.807, 2.05) is 18.4 Å². The Labute approximate surface area is 167 Å². The summed E-state index contributed by atoms with van der Waals surface area (Å²) in [5, 5.41) is 5.93. The van der Waals surface area contributed by atoms with E-state index >= 15 is 0 Å². The van der Waals surface area contributed by atoms with Gasteiger partial charge in [0.15, 0.2) is 5.13 Å². The van der Waals surface area contributed by atoms with Crippen molar-refractivity contribution < 1.29 is 18.3 Å². The molecule has 1 aliphatic rings. The van der Waals surface area contributed by atoms with Crippen LogP contribution in [-0.2, 0) is 6.54 Å². The van der Waals surface area contributed by atoms with Crippen molar-refractivity contribution in [2.24, 2.45) is 0 Å². The van der Waals surface area contributed by atoms with Gasteiger partial charge in [-0.1, -0.05) is 12.1 Å². The molecule has 0 aliphatic carbocycles. The van der Waals surface area contributed by atoms with Crippen molar-refractivity contribution in [3.05, 3.63) is 40.9 Å². The number of alkyl halides is 2. The number of nitrogens with zero attached hydrogens (tertiary/aromatic N) is 3. The van der Waals surface area contributed by atoms with Crippen LogP contribution in [0.1, 0.15) is 17.7 Å². The Morgan fingerprint density at radius 3 is 2.93 bits per heavy atom. The first kappa shape index (κ1) is 20.3. The van der Waals surface area contributed by atoms with Gasteiger partial charge in [-0.15, -0.1) is 11.3 Å². The molecule has 0 bridgehead atoms. The highest BCUT2D eigenvalue weighted by atomic mass is 32.1. The van der Waals surface area contributed by atoms with Crippen LogP contribution in [0.2, 0.25) is 0 Å². The van der Waals surface area contributed by atoms with E-state index in [0.29, 0.717) is 25.4 Å². The molecule has 1 saturated heterocycles. The van der Waals surface area contributed by atoms with Gasteiger partial charge in [0.05, 0.1) is 5.69 Å². The van der Waals surface area contributed by atoms with Gasteiger partial charge in [-0.2, -0.15) is 0 Å². The zero-order valence-corrected chi connectivity index (χ0v) is 16.6. The number of hydrogen-bond donors (Lipinski definition) is 1. The van der Waals surface area contributed by atoms with Gasteiger partial charge < -0.3 is 19.9 Å².